The molecule has 0 aliphatic rings. The van der Waals surface area contributed by atoms with Crippen LogP contribution in [0.1, 0.15) is 33.2 Å². The van der Waals surface area contributed by atoms with Crippen LogP contribution in [0, 0.1) is 0 Å². The zero-order valence-electron chi connectivity index (χ0n) is 10.5. The number of carbonyl (C=O) groups excluding carboxylic acids is 2. The Morgan fingerprint density at radius 3 is 2.58 bits per heavy atom. The van der Waals surface area contributed by atoms with Gasteiger partial charge in [-0.2, -0.15) is 0 Å². The summed E-state index contributed by atoms with van der Waals surface area (Å²) in [6, 6.07) is 7.95. The topological polar surface area (TPSA) is 67.3 Å². The molecule has 0 bridgehead atoms. The van der Waals surface area contributed by atoms with Gasteiger partial charge in [-0.05, 0) is 25.1 Å². The lowest BCUT2D eigenvalue weighted by Gasteiger charge is -2.05. The number of aromatic nitrogens is 1. The van der Waals surface area contributed by atoms with Gasteiger partial charge in [0.2, 0.25) is 0 Å². The van der Waals surface area contributed by atoms with Crippen molar-refractivity contribution in [3.8, 4) is 5.75 Å². The summed E-state index contributed by atoms with van der Waals surface area (Å²) in [5.74, 6) is -0.288. The van der Waals surface area contributed by atoms with Gasteiger partial charge in [0.05, 0.1) is 0 Å². The van der Waals surface area contributed by atoms with Gasteiger partial charge < -0.3 is 5.11 Å². The second kappa shape index (κ2) is 5.44. The largest absolute Gasteiger partial charge is 0.508 e. The lowest BCUT2D eigenvalue weighted by molar-refractivity contribution is 0.0990. The van der Waals surface area contributed by atoms with Gasteiger partial charge in [0.15, 0.2) is 11.6 Å². The van der Waals surface area contributed by atoms with E-state index < -0.39 is 0 Å². The van der Waals surface area contributed by atoms with E-state index in [0.29, 0.717) is 16.7 Å². The van der Waals surface area contributed by atoms with Crippen molar-refractivity contribution in [1.82, 2.24) is 4.98 Å². The molecule has 0 amide bonds. The van der Waals surface area contributed by atoms with E-state index in [9.17, 15) is 14.7 Å². The summed E-state index contributed by atoms with van der Waals surface area (Å²) in [4.78, 5) is 27.0. The molecule has 1 heterocycles. The number of phenols is 1. The van der Waals surface area contributed by atoms with Crippen LogP contribution in [0.25, 0.3) is 0 Å². The predicted molar refractivity (Wildman–Crippen MR) is 70.4 cm³/mol. The molecule has 4 nitrogen and oxygen atoms in total. The zero-order chi connectivity index (χ0) is 13.8. The fraction of sp³-hybridized carbons (Fsp3) is 0.133. The highest BCUT2D eigenvalue weighted by atomic mass is 16.3. The first kappa shape index (κ1) is 13.0. The number of hydrogen-bond acceptors (Lipinski definition) is 4. The van der Waals surface area contributed by atoms with Crippen molar-refractivity contribution in [2.24, 2.45) is 0 Å². The van der Waals surface area contributed by atoms with Gasteiger partial charge in [0, 0.05) is 35.5 Å². The van der Waals surface area contributed by atoms with Crippen LogP contribution in [0.2, 0.25) is 0 Å². The Kier molecular flexibility index (Phi) is 3.71. The van der Waals surface area contributed by atoms with Crippen molar-refractivity contribution >= 4 is 11.6 Å². The van der Waals surface area contributed by atoms with Crippen molar-refractivity contribution in [3.05, 3.63) is 59.4 Å². The van der Waals surface area contributed by atoms with E-state index in [-0.39, 0.29) is 23.7 Å². The number of benzene rings is 1. The molecule has 19 heavy (non-hydrogen) atoms. The monoisotopic (exact) mass is 255 g/mol. The molecule has 0 spiro atoms. The lowest BCUT2D eigenvalue weighted by atomic mass is 10.0. The molecule has 96 valence electrons. The highest BCUT2D eigenvalue weighted by Crippen LogP contribution is 2.21. The van der Waals surface area contributed by atoms with Gasteiger partial charge in [-0.15, -0.1) is 0 Å². The van der Waals surface area contributed by atoms with Crippen LogP contribution in [-0.2, 0) is 6.42 Å². The maximum atomic E-state index is 12.0. The van der Waals surface area contributed by atoms with Gasteiger partial charge in [-0.25, -0.2) is 0 Å². The average Bonchev–Trinajstić information content (AvgIpc) is 2.41. The molecule has 0 aliphatic carbocycles. The third kappa shape index (κ3) is 3.04. The first-order chi connectivity index (χ1) is 9.08. The minimum Gasteiger partial charge on any atom is -0.508 e. The van der Waals surface area contributed by atoms with Gasteiger partial charge in [0.1, 0.15) is 5.75 Å². The summed E-state index contributed by atoms with van der Waals surface area (Å²) in [6.45, 7) is 1.43. The van der Waals surface area contributed by atoms with Crippen molar-refractivity contribution in [2.75, 3.05) is 0 Å². The molecule has 0 unspecified atom stereocenters. The number of aromatic hydroxyl groups is 1. The smallest absolute Gasteiger partial charge is 0.168 e. The van der Waals surface area contributed by atoms with Crippen LogP contribution in [0.15, 0.2) is 42.7 Å². The highest BCUT2D eigenvalue weighted by Gasteiger charge is 2.11. The minimum atomic E-state index is -0.126. The van der Waals surface area contributed by atoms with Gasteiger partial charge in [-0.1, -0.05) is 12.1 Å². The normalized spacial score (nSPS) is 10.2. The Labute approximate surface area is 110 Å². The van der Waals surface area contributed by atoms with Crippen molar-refractivity contribution < 1.29 is 14.7 Å². The third-order valence-corrected chi connectivity index (χ3v) is 2.83. The molecular formula is C15H13NO3. The Hall–Kier alpha value is -2.49. The molecule has 1 aromatic heterocycles. The van der Waals surface area contributed by atoms with Crippen LogP contribution in [0.3, 0.4) is 0 Å². The van der Waals surface area contributed by atoms with Crippen molar-refractivity contribution in [3.63, 3.8) is 0 Å². The van der Waals surface area contributed by atoms with E-state index >= 15 is 0 Å². The number of phenolic OH excluding ortho intramolecular Hbond substituents is 1. The average molecular weight is 255 g/mol. The summed E-state index contributed by atoms with van der Waals surface area (Å²) >= 11 is 0. The Morgan fingerprint density at radius 1 is 1.21 bits per heavy atom. The van der Waals surface area contributed by atoms with E-state index in [4.69, 9.17) is 0 Å². The maximum Gasteiger partial charge on any atom is 0.168 e. The van der Waals surface area contributed by atoms with E-state index in [1.54, 1.807) is 30.5 Å². The van der Waals surface area contributed by atoms with Crippen LogP contribution >= 0.6 is 0 Å². The number of pyridine rings is 1. The molecule has 0 fully saturated rings. The van der Waals surface area contributed by atoms with Gasteiger partial charge in [0.25, 0.3) is 0 Å². The molecule has 0 saturated heterocycles. The Bertz CT molecular complexity index is 621. The quantitative estimate of drug-likeness (QED) is 0.852. The second-order valence-electron chi connectivity index (χ2n) is 4.24. The minimum absolute atomic E-state index is 0.0371. The number of carbonyl (C=O) groups is 2. The molecule has 0 radical (unpaired) electrons. The standard InChI is InChI=1S/C15H13NO3/c1-10(17)11-4-5-12(14(18)7-11)8-15(19)13-3-2-6-16-9-13/h2-7,9,18H,8H2,1H3. The third-order valence-electron chi connectivity index (χ3n) is 2.83. The van der Waals surface area contributed by atoms with E-state index in [1.807, 2.05) is 0 Å². The van der Waals surface area contributed by atoms with Gasteiger partial charge in [-0.3, -0.25) is 14.6 Å². The van der Waals surface area contributed by atoms with Crippen LogP contribution in [0.5, 0.6) is 5.75 Å². The van der Waals surface area contributed by atoms with E-state index in [0.717, 1.165) is 0 Å². The summed E-state index contributed by atoms with van der Waals surface area (Å²) in [5, 5.41) is 9.82. The van der Waals surface area contributed by atoms with Crippen molar-refractivity contribution in [2.45, 2.75) is 13.3 Å². The fourth-order valence-electron chi connectivity index (χ4n) is 1.74. The summed E-state index contributed by atoms with van der Waals surface area (Å²) < 4.78 is 0. The molecule has 1 N–H and O–H groups in total. The highest BCUT2D eigenvalue weighted by molar-refractivity contribution is 5.98. The maximum absolute atomic E-state index is 12.0. The first-order valence-corrected chi connectivity index (χ1v) is 5.84. The molecular weight excluding hydrogens is 242 g/mol. The second-order valence-corrected chi connectivity index (χ2v) is 4.24. The molecule has 0 saturated carbocycles. The molecule has 4 heteroatoms. The summed E-state index contributed by atoms with van der Waals surface area (Å²) in [6.07, 6.45) is 3.16. The SMILES string of the molecule is CC(=O)c1ccc(CC(=O)c2cccnc2)c(O)c1. The fourth-order valence-corrected chi connectivity index (χ4v) is 1.74. The summed E-state index contributed by atoms with van der Waals surface area (Å²) in [5.41, 5.74) is 1.42. The number of nitrogens with zero attached hydrogens (tertiary/aromatic N) is 1. The number of Topliss-reactive ketones (excluding diaryl/α,β-unsaturated/α-hetero) is 2. The lowest BCUT2D eigenvalue weighted by Crippen LogP contribution is -2.04. The Morgan fingerprint density at radius 2 is 2.00 bits per heavy atom. The van der Waals surface area contributed by atoms with E-state index in [2.05, 4.69) is 4.98 Å². The molecule has 2 rings (SSSR count). The van der Waals surface area contributed by atoms with Gasteiger partial charge >= 0.3 is 0 Å². The van der Waals surface area contributed by atoms with Crippen LogP contribution in [0.4, 0.5) is 0 Å². The van der Waals surface area contributed by atoms with Crippen LogP contribution < -0.4 is 0 Å². The van der Waals surface area contributed by atoms with Crippen molar-refractivity contribution in [1.29, 1.82) is 0 Å². The first-order valence-electron chi connectivity index (χ1n) is 5.84. The predicted octanol–water partition coefficient (Wildman–Crippen LogP) is 2.42. The summed E-state index contributed by atoms with van der Waals surface area (Å²) in [7, 11) is 0. The number of ketones is 2. The van der Waals surface area contributed by atoms with Crippen LogP contribution in [-0.4, -0.2) is 21.7 Å². The molecule has 2 aromatic rings. The number of hydrogen-bond donors (Lipinski definition) is 1. The zero-order valence-corrected chi connectivity index (χ0v) is 10.5. The molecule has 0 atom stereocenters. The van der Waals surface area contributed by atoms with E-state index in [1.165, 1.54) is 19.2 Å². The molecule has 0 aliphatic heterocycles. The molecule has 1 aromatic carbocycles. The number of rotatable bonds is 4. The Balaban J connectivity index is 2.20.